The van der Waals surface area contributed by atoms with Crippen molar-refractivity contribution in [1.82, 2.24) is 0 Å². The fourth-order valence-electron chi connectivity index (χ4n) is 0. The maximum absolute atomic E-state index is 8.54. The summed E-state index contributed by atoms with van der Waals surface area (Å²) >= 11 is -2.27. The molecule has 0 aliphatic rings. The van der Waals surface area contributed by atoms with Gasteiger partial charge in [0.1, 0.15) is 0 Å². The van der Waals surface area contributed by atoms with Crippen molar-refractivity contribution in [3.05, 3.63) is 0 Å². The van der Waals surface area contributed by atoms with Crippen LogP contribution in [0.25, 0.3) is 0 Å². The predicted octanol–water partition coefficient (Wildman–Crippen LogP) is -0.999. The molecule has 0 aliphatic carbocycles. The van der Waals surface area contributed by atoms with E-state index in [9.17, 15) is 0 Å². The van der Waals surface area contributed by atoms with E-state index >= 15 is 0 Å². The van der Waals surface area contributed by atoms with E-state index < -0.39 is 21.1 Å². The van der Waals surface area contributed by atoms with Gasteiger partial charge in [0.2, 0.25) is 0 Å². The van der Waals surface area contributed by atoms with Crippen LogP contribution in [0.5, 0.6) is 0 Å². The molecule has 0 amide bonds. The molecule has 0 aromatic heterocycles. The second kappa shape index (κ2) is 8.83. The molecular weight excluding hydrogens is 174 g/mol. The number of rotatable bonds is 0. The second-order valence-electron chi connectivity index (χ2n) is 0.0833. The Bertz CT molecular complexity index is 27.0. The molecule has 0 spiro atoms. The van der Waals surface area contributed by atoms with Gasteiger partial charge in [0, 0.05) is 29.6 Å². The Morgan fingerprint density at radius 1 is 1.25 bits per heavy atom. The Hall–Kier alpha value is 1.40. The quantitative estimate of drug-likeness (QED) is 0.441. The molecule has 0 fully saturated rings. The van der Waals surface area contributed by atoms with Gasteiger partial charge in [0.15, 0.2) is 0 Å². The van der Waals surface area contributed by atoms with Gasteiger partial charge in [-0.3, -0.25) is 0 Å². The molecule has 0 atom stereocenters. The van der Waals surface area contributed by atoms with Gasteiger partial charge in [0.25, 0.3) is 0 Å². The summed E-state index contributed by atoms with van der Waals surface area (Å²) < 4.78 is 17.1. The van der Waals surface area contributed by atoms with Crippen LogP contribution in [0.1, 0.15) is 0 Å². The summed E-state index contributed by atoms with van der Waals surface area (Å²) in [5.41, 5.74) is 0. The van der Waals surface area contributed by atoms with E-state index in [1.165, 1.54) is 0 Å². The summed E-state index contributed by atoms with van der Waals surface area (Å²) in [6.45, 7) is 0. The zero-order valence-corrected chi connectivity index (χ0v) is 7.17. The molecule has 4 heteroatoms. The van der Waals surface area contributed by atoms with Crippen LogP contribution in [0.4, 0.5) is 0 Å². The van der Waals surface area contributed by atoms with E-state index in [0.717, 1.165) is 0 Å². The minimum absolute atomic E-state index is 0. The monoisotopic (exact) mass is 175 g/mol. The third-order valence-corrected chi connectivity index (χ3v) is 0. The van der Waals surface area contributed by atoms with Gasteiger partial charge in [0.05, 0.1) is 0 Å². The summed E-state index contributed by atoms with van der Waals surface area (Å²) in [5, 5.41) is 0. The molecule has 0 N–H and O–H groups in total. The predicted molar refractivity (Wildman–Crippen MR) is 12.9 cm³/mol. The molecule has 0 saturated heterocycles. The van der Waals surface area contributed by atoms with Gasteiger partial charge >= 0.3 is 27.3 Å². The first-order valence-electron chi connectivity index (χ1n) is 0.408. The number of hydrogen-bond donors (Lipinski definition) is 0. The summed E-state index contributed by atoms with van der Waals surface area (Å²) in [5.74, 6) is 0. The summed E-state index contributed by atoms with van der Waals surface area (Å²) in [6, 6.07) is 0. The van der Waals surface area contributed by atoms with Gasteiger partial charge in [-0.1, -0.05) is 0 Å². The number of hydrogen-bond acceptors (Lipinski definition) is 2. The molecule has 0 saturated carbocycles. The Morgan fingerprint density at radius 3 is 1.25 bits per heavy atom. The zero-order valence-electron chi connectivity index (χ0n) is 2.32. The molecule has 0 heterocycles. The molecule has 4 heavy (non-hydrogen) atoms. The average molecular weight is 174 g/mol. The second-order valence-corrected chi connectivity index (χ2v) is 0.559. The van der Waals surface area contributed by atoms with Gasteiger partial charge in [-0.2, -0.15) is 0 Å². The van der Waals surface area contributed by atoms with Crippen LogP contribution in [0.15, 0.2) is 0 Å². The molecule has 0 bridgehead atoms. The van der Waals surface area contributed by atoms with Gasteiger partial charge in [-0.25, -0.2) is 0 Å². The molecule has 0 aromatic carbocycles. The molecule has 1 radical (unpaired) electrons. The third-order valence-electron chi connectivity index (χ3n) is 0. The first kappa shape index (κ1) is 9.04. The first-order valence-corrected chi connectivity index (χ1v) is 2.74. The molecule has 17 valence electrons. The SMILES string of the molecule is [Na].[O]=[Sn]=[O]. The van der Waals surface area contributed by atoms with Crippen LogP contribution >= 0.6 is 0 Å². The van der Waals surface area contributed by atoms with E-state index in [4.69, 9.17) is 6.15 Å². The molecule has 0 unspecified atom stereocenters. The van der Waals surface area contributed by atoms with E-state index in [1.807, 2.05) is 0 Å². The van der Waals surface area contributed by atoms with Crippen molar-refractivity contribution in [1.29, 1.82) is 0 Å². The van der Waals surface area contributed by atoms with Crippen LogP contribution in [-0.4, -0.2) is 50.7 Å². The van der Waals surface area contributed by atoms with E-state index in [0.29, 0.717) is 0 Å². The fraction of sp³-hybridized carbons (Fsp3) is 0. The van der Waals surface area contributed by atoms with Crippen molar-refractivity contribution in [3.8, 4) is 0 Å². The standard InChI is InChI=1S/Na.2O.Sn. The minimum atomic E-state index is -2.27. The molecule has 0 aromatic rings. The van der Waals surface area contributed by atoms with Crippen molar-refractivity contribution < 1.29 is 6.15 Å². The van der Waals surface area contributed by atoms with Crippen molar-refractivity contribution in [2.45, 2.75) is 0 Å². The van der Waals surface area contributed by atoms with Gasteiger partial charge < -0.3 is 0 Å². The van der Waals surface area contributed by atoms with Crippen molar-refractivity contribution >= 4 is 50.7 Å². The molecule has 0 rings (SSSR count). The van der Waals surface area contributed by atoms with Gasteiger partial charge in [-0.15, -0.1) is 0 Å². The average Bonchev–Trinajstić information content (AvgIpc) is 0.918. The van der Waals surface area contributed by atoms with E-state index in [1.54, 1.807) is 0 Å². The van der Waals surface area contributed by atoms with Crippen LogP contribution in [0, 0.1) is 0 Å². The third kappa shape index (κ3) is 10.00. The zero-order chi connectivity index (χ0) is 2.71. The molecular formula is NaO2Sn. The molecule has 0 aliphatic heterocycles. The Balaban J connectivity index is 0. The maximum atomic E-state index is 8.54. The van der Waals surface area contributed by atoms with E-state index in [2.05, 4.69) is 0 Å². The summed E-state index contributed by atoms with van der Waals surface area (Å²) in [4.78, 5) is 0. The Kier molecular flexibility index (Phi) is 20.0. The van der Waals surface area contributed by atoms with Gasteiger partial charge in [-0.05, 0) is 0 Å². The van der Waals surface area contributed by atoms with Crippen LogP contribution in [0.3, 0.4) is 0 Å². The van der Waals surface area contributed by atoms with Crippen molar-refractivity contribution in [3.63, 3.8) is 0 Å². The van der Waals surface area contributed by atoms with Crippen molar-refractivity contribution in [2.24, 2.45) is 0 Å². The Labute approximate surface area is 56.2 Å². The summed E-state index contributed by atoms with van der Waals surface area (Å²) in [6.07, 6.45) is 0. The topological polar surface area (TPSA) is 34.1 Å². The summed E-state index contributed by atoms with van der Waals surface area (Å²) in [7, 11) is 0. The fourth-order valence-corrected chi connectivity index (χ4v) is 0. The Morgan fingerprint density at radius 2 is 1.25 bits per heavy atom. The molecule has 2 nitrogen and oxygen atoms in total. The van der Waals surface area contributed by atoms with Crippen LogP contribution in [-0.2, 0) is 6.15 Å². The van der Waals surface area contributed by atoms with E-state index in [-0.39, 0.29) is 29.6 Å². The van der Waals surface area contributed by atoms with Crippen LogP contribution < -0.4 is 0 Å². The van der Waals surface area contributed by atoms with Crippen LogP contribution in [0.2, 0.25) is 0 Å². The normalized spacial score (nSPS) is 2.00. The van der Waals surface area contributed by atoms with Crippen molar-refractivity contribution in [2.75, 3.05) is 0 Å². The first-order chi connectivity index (χ1) is 1.41.